The number of Topliss-reactive ketones (excluding diaryl/α,β-unsaturated/α-hetero) is 1. The number of benzene rings is 1. The summed E-state index contributed by atoms with van der Waals surface area (Å²) >= 11 is 0. The van der Waals surface area contributed by atoms with Crippen molar-refractivity contribution in [3.8, 4) is 11.5 Å². The van der Waals surface area contributed by atoms with Crippen molar-refractivity contribution in [3.05, 3.63) is 52.7 Å². The van der Waals surface area contributed by atoms with Crippen molar-refractivity contribution in [1.82, 2.24) is 4.98 Å². The SMILES string of the molecule is CC[C@@H]1CCC(=O)CC(=O)C=Cc2cc(OC)c(O)cc2Cc2cnc3c(c2)[C@@H](CCN3)SSC1. The largest absolute Gasteiger partial charge is 0.504 e. The summed E-state index contributed by atoms with van der Waals surface area (Å²) in [6, 6.07) is 5.62. The van der Waals surface area contributed by atoms with Gasteiger partial charge in [-0.25, -0.2) is 4.98 Å². The Labute approximate surface area is 214 Å². The lowest BCUT2D eigenvalue weighted by Crippen LogP contribution is -2.16. The molecular formula is C27H32N2O4S2. The first-order valence-electron chi connectivity index (χ1n) is 12.1. The molecule has 0 amide bonds. The van der Waals surface area contributed by atoms with Gasteiger partial charge in [0.05, 0.1) is 13.5 Å². The number of ether oxygens (including phenoxy) is 1. The van der Waals surface area contributed by atoms with Gasteiger partial charge in [0.25, 0.3) is 0 Å². The first-order chi connectivity index (χ1) is 17.0. The average molecular weight is 513 g/mol. The third-order valence-electron chi connectivity index (χ3n) is 6.57. The molecule has 2 aromatic rings. The summed E-state index contributed by atoms with van der Waals surface area (Å²) in [6.07, 6.45) is 8.82. The molecule has 8 heteroatoms. The van der Waals surface area contributed by atoms with Gasteiger partial charge in [-0.15, -0.1) is 0 Å². The topological polar surface area (TPSA) is 88.5 Å². The molecule has 0 saturated heterocycles. The molecule has 2 aliphatic rings. The number of methoxy groups -OCH3 is 1. The fourth-order valence-corrected chi connectivity index (χ4v) is 7.67. The number of phenols is 1. The van der Waals surface area contributed by atoms with Gasteiger partial charge in [0.15, 0.2) is 17.3 Å². The summed E-state index contributed by atoms with van der Waals surface area (Å²) in [5.74, 6) is 2.55. The Morgan fingerprint density at radius 2 is 2.03 bits per heavy atom. The van der Waals surface area contributed by atoms with Gasteiger partial charge in [0.2, 0.25) is 0 Å². The minimum atomic E-state index is -0.212. The van der Waals surface area contributed by atoms with E-state index in [1.54, 1.807) is 18.2 Å². The molecule has 0 fully saturated rings. The monoisotopic (exact) mass is 512 g/mol. The molecule has 1 aromatic heterocycles. The molecule has 0 saturated carbocycles. The first kappa shape index (κ1) is 25.6. The van der Waals surface area contributed by atoms with E-state index in [0.717, 1.165) is 54.1 Å². The van der Waals surface area contributed by atoms with Gasteiger partial charge >= 0.3 is 0 Å². The number of fused-ring (bicyclic) bond motifs is 2. The van der Waals surface area contributed by atoms with Gasteiger partial charge in [-0.3, -0.25) is 9.59 Å². The molecule has 1 aromatic carbocycles. The summed E-state index contributed by atoms with van der Waals surface area (Å²) in [6.45, 7) is 3.07. The van der Waals surface area contributed by atoms with Crippen molar-refractivity contribution >= 4 is 45.0 Å². The predicted molar refractivity (Wildman–Crippen MR) is 144 cm³/mol. The van der Waals surface area contributed by atoms with Crippen LogP contribution in [0.5, 0.6) is 11.5 Å². The van der Waals surface area contributed by atoms with E-state index in [0.29, 0.717) is 29.8 Å². The van der Waals surface area contributed by atoms with Crippen LogP contribution in [-0.4, -0.2) is 41.1 Å². The number of allylic oxidation sites excluding steroid dienone is 1. The molecule has 186 valence electrons. The normalized spacial score (nSPS) is 21.4. The van der Waals surface area contributed by atoms with Gasteiger partial charge in [-0.05, 0) is 66.1 Å². The van der Waals surface area contributed by atoms with E-state index < -0.39 is 0 Å². The third kappa shape index (κ3) is 6.61. The standard InChI is InChI=1S/C27H32N2O4S2/c1-3-17-4-6-21(30)14-22(31)7-5-19-13-25(33-2)24(32)12-20(19)10-18-11-23-26(35-34-16-17)8-9-28-27(23)29-15-18/h5,7,11-13,15,17,26,32H,3-4,6,8-10,14,16H2,1-2H3,(H,28,29)/t17-,26-/m1/s1. The lowest BCUT2D eigenvalue weighted by molar-refractivity contribution is -0.124. The second-order valence-electron chi connectivity index (χ2n) is 9.09. The van der Waals surface area contributed by atoms with E-state index >= 15 is 0 Å². The highest BCUT2D eigenvalue weighted by atomic mass is 33.1. The number of phenolic OH excluding ortho intramolecular Hbond substituents is 1. The van der Waals surface area contributed by atoms with E-state index in [1.807, 2.05) is 27.8 Å². The molecule has 2 N–H and O–H groups in total. The minimum Gasteiger partial charge on any atom is -0.504 e. The van der Waals surface area contributed by atoms with Gasteiger partial charge < -0.3 is 15.2 Å². The molecule has 0 radical (unpaired) electrons. The number of hydrogen-bond donors (Lipinski definition) is 2. The van der Waals surface area contributed by atoms with Crippen molar-refractivity contribution in [1.29, 1.82) is 0 Å². The molecule has 6 nitrogen and oxygen atoms in total. The lowest BCUT2D eigenvalue weighted by Gasteiger charge is -2.26. The second kappa shape index (κ2) is 12.0. The zero-order chi connectivity index (χ0) is 24.8. The number of nitrogens with zero attached hydrogens (tertiary/aromatic N) is 1. The molecule has 2 aliphatic heterocycles. The quantitative estimate of drug-likeness (QED) is 0.375. The number of rotatable bonds is 2. The number of aromatic hydroxyl groups is 1. The highest BCUT2D eigenvalue weighted by Gasteiger charge is 2.23. The summed E-state index contributed by atoms with van der Waals surface area (Å²) in [4.78, 5) is 29.7. The Morgan fingerprint density at radius 3 is 2.83 bits per heavy atom. The number of carbonyl (C=O) groups excluding carboxylic acids is 2. The fourth-order valence-electron chi connectivity index (χ4n) is 4.43. The van der Waals surface area contributed by atoms with Gasteiger partial charge in [0, 0.05) is 35.7 Å². The average Bonchev–Trinajstić information content (AvgIpc) is 2.85. The van der Waals surface area contributed by atoms with Crippen molar-refractivity contribution in [2.45, 2.75) is 50.7 Å². The maximum atomic E-state index is 12.5. The lowest BCUT2D eigenvalue weighted by atomic mass is 9.96. The summed E-state index contributed by atoms with van der Waals surface area (Å²) in [7, 11) is 5.27. The number of nitrogens with one attached hydrogen (secondary N) is 1. The number of pyridine rings is 1. The van der Waals surface area contributed by atoms with Crippen LogP contribution >= 0.6 is 21.6 Å². The summed E-state index contributed by atoms with van der Waals surface area (Å²) in [5, 5.41) is 14.2. The van der Waals surface area contributed by atoms with Crippen LogP contribution in [0.25, 0.3) is 6.08 Å². The van der Waals surface area contributed by atoms with Crippen LogP contribution in [0.1, 0.15) is 66.5 Å². The Morgan fingerprint density at radius 1 is 1.17 bits per heavy atom. The Hall–Kier alpha value is -2.45. The maximum absolute atomic E-state index is 12.5. The molecule has 2 atom stereocenters. The maximum Gasteiger partial charge on any atom is 0.163 e. The van der Waals surface area contributed by atoms with Crippen LogP contribution in [0.2, 0.25) is 0 Å². The Balaban J connectivity index is 1.70. The predicted octanol–water partition coefficient (Wildman–Crippen LogP) is 5.99. The molecule has 3 heterocycles. The third-order valence-corrected chi connectivity index (χ3v) is 9.55. The number of carbonyl (C=O) groups is 2. The van der Waals surface area contributed by atoms with Crippen molar-refractivity contribution in [2.24, 2.45) is 5.92 Å². The van der Waals surface area contributed by atoms with Crippen LogP contribution in [0.15, 0.2) is 30.5 Å². The van der Waals surface area contributed by atoms with E-state index in [4.69, 9.17) is 9.72 Å². The van der Waals surface area contributed by atoms with Crippen molar-refractivity contribution in [2.75, 3.05) is 24.7 Å². The zero-order valence-corrected chi connectivity index (χ0v) is 21.8. The van der Waals surface area contributed by atoms with Crippen LogP contribution in [0.4, 0.5) is 5.82 Å². The molecule has 35 heavy (non-hydrogen) atoms. The second-order valence-corrected chi connectivity index (χ2v) is 11.7. The van der Waals surface area contributed by atoms with Crippen molar-refractivity contribution in [3.63, 3.8) is 0 Å². The number of ketones is 2. The van der Waals surface area contributed by atoms with Crippen LogP contribution in [0.3, 0.4) is 0 Å². The number of hydrogen-bond acceptors (Lipinski definition) is 8. The molecule has 0 unspecified atom stereocenters. The van der Waals surface area contributed by atoms with Crippen LogP contribution < -0.4 is 10.1 Å². The molecule has 0 aliphatic carbocycles. The molecular weight excluding hydrogens is 480 g/mol. The molecule has 2 bridgehead atoms. The van der Waals surface area contributed by atoms with Crippen LogP contribution in [-0.2, 0) is 16.0 Å². The molecule has 0 spiro atoms. The van der Waals surface area contributed by atoms with E-state index in [2.05, 4.69) is 18.3 Å². The smallest absolute Gasteiger partial charge is 0.163 e. The van der Waals surface area contributed by atoms with Gasteiger partial charge in [-0.2, -0.15) is 0 Å². The van der Waals surface area contributed by atoms with E-state index in [-0.39, 0.29) is 23.7 Å². The summed E-state index contributed by atoms with van der Waals surface area (Å²) in [5.41, 5.74) is 3.87. The van der Waals surface area contributed by atoms with Crippen molar-refractivity contribution < 1.29 is 19.4 Å². The Bertz CT molecular complexity index is 1120. The highest BCUT2D eigenvalue weighted by Crippen LogP contribution is 2.46. The van der Waals surface area contributed by atoms with Crippen LogP contribution in [0, 0.1) is 5.92 Å². The minimum absolute atomic E-state index is 0.00979. The number of aromatic nitrogens is 1. The first-order valence-corrected chi connectivity index (χ1v) is 14.5. The Kier molecular flexibility index (Phi) is 8.78. The molecule has 4 rings (SSSR count). The van der Waals surface area contributed by atoms with Gasteiger partial charge in [0.1, 0.15) is 11.6 Å². The van der Waals surface area contributed by atoms with E-state index in [1.165, 1.54) is 18.7 Å². The number of anilines is 1. The zero-order valence-electron chi connectivity index (χ0n) is 20.2. The fraction of sp³-hybridized carbons (Fsp3) is 0.444. The highest BCUT2D eigenvalue weighted by molar-refractivity contribution is 8.76. The summed E-state index contributed by atoms with van der Waals surface area (Å²) < 4.78 is 5.29. The van der Waals surface area contributed by atoms with E-state index in [9.17, 15) is 14.7 Å². The van der Waals surface area contributed by atoms with Gasteiger partial charge in [-0.1, -0.05) is 41.0 Å².